The molecule has 0 aliphatic heterocycles. The number of halogens is 3. The van der Waals surface area contributed by atoms with E-state index in [2.05, 4.69) is 6.92 Å². The molecule has 0 heterocycles. The molecule has 1 atom stereocenters. The van der Waals surface area contributed by atoms with Gasteiger partial charge in [0.05, 0.1) is 11.5 Å². The molecule has 0 aliphatic carbocycles. The van der Waals surface area contributed by atoms with Crippen LogP contribution in [0.15, 0.2) is 66.7 Å². The first-order valence-corrected chi connectivity index (χ1v) is 17.4. The molecule has 0 aromatic heterocycles. The Morgan fingerprint density at radius 2 is 1.31 bits per heavy atom. The van der Waals surface area contributed by atoms with Gasteiger partial charge in [-0.3, -0.25) is 4.79 Å². The average Bonchev–Trinajstić information content (AvgIpc) is 3.11. The van der Waals surface area contributed by atoms with E-state index in [1.54, 1.807) is 0 Å². The summed E-state index contributed by atoms with van der Waals surface area (Å²) < 4.78 is 66.5. The van der Waals surface area contributed by atoms with Crippen molar-refractivity contribution in [2.24, 2.45) is 0 Å². The lowest BCUT2D eigenvalue weighted by Gasteiger charge is -2.21. The van der Waals surface area contributed by atoms with Crippen molar-refractivity contribution in [2.75, 3.05) is 13.2 Å². The molecule has 0 amide bonds. The molecule has 3 aromatic carbocycles. The van der Waals surface area contributed by atoms with Crippen molar-refractivity contribution >= 4 is 24.1 Å². The van der Waals surface area contributed by atoms with Crippen LogP contribution in [0, 0.1) is 0 Å². The van der Waals surface area contributed by atoms with Crippen LogP contribution < -0.4 is 19.3 Å². The van der Waals surface area contributed by atoms with Crippen LogP contribution in [0.4, 0.5) is 18.0 Å². The number of esters is 2. The predicted molar refractivity (Wildman–Crippen MR) is 183 cm³/mol. The molecule has 0 aliphatic rings. The molecule has 10 nitrogen and oxygen atoms in total. The molecule has 0 spiro atoms. The predicted octanol–water partition coefficient (Wildman–Crippen LogP) is 8.64. The summed E-state index contributed by atoms with van der Waals surface area (Å²) in [4.78, 5) is 49.1. The molecule has 0 N–H and O–H groups in total. The zero-order chi connectivity index (χ0) is 37.9. The van der Waals surface area contributed by atoms with Crippen molar-refractivity contribution in [3.8, 4) is 28.4 Å². The van der Waals surface area contributed by atoms with E-state index in [-0.39, 0.29) is 51.9 Å². The molecule has 282 valence electrons. The van der Waals surface area contributed by atoms with Gasteiger partial charge in [0.15, 0.2) is 6.10 Å². The fourth-order valence-corrected chi connectivity index (χ4v) is 5.15. The molecule has 3 rings (SSSR count). The van der Waals surface area contributed by atoms with Gasteiger partial charge in [-0.2, -0.15) is 13.2 Å². The highest BCUT2D eigenvalue weighted by molar-refractivity contribution is 5.96. The largest absolute Gasteiger partial charge is 0.545 e. The van der Waals surface area contributed by atoms with Crippen molar-refractivity contribution in [2.45, 2.75) is 96.8 Å². The van der Waals surface area contributed by atoms with Crippen LogP contribution >= 0.6 is 0 Å². The van der Waals surface area contributed by atoms with Gasteiger partial charge in [0, 0.05) is 25.2 Å². The molecule has 13 heteroatoms. The van der Waals surface area contributed by atoms with Crippen LogP contribution in [0.1, 0.15) is 105 Å². The van der Waals surface area contributed by atoms with Crippen LogP contribution in [0.5, 0.6) is 17.2 Å². The van der Waals surface area contributed by atoms with E-state index in [1.807, 2.05) is 6.92 Å². The number of ether oxygens (including phenoxy) is 5. The van der Waals surface area contributed by atoms with Crippen LogP contribution in [0.25, 0.3) is 11.1 Å². The number of hydrogen-bond donors (Lipinski definition) is 0. The molecule has 0 bridgehead atoms. The first-order chi connectivity index (χ1) is 24.9. The lowest BCUT2D eigenvalue weighted by molar-refractivity contribution is -0.255. The zero-order valence-electron chi connectivity index (χ0n) is 29.3. The van der Waals surface area contributed by atoms with Gasteiger partial charge in [-0.1, -0.05) is 57.6 Å². The second kappa shape index (κ2) is 21.5. The summed E-state index contributed by atoms with van der Waals surface area (Å²) >= 11 is 0. The molecule has 0 radical (unpaired) electrons. The van der Waals surface area contributed by atoms with Crippen LogP contribution in [0.2, 0.25) is 0 Å². The van der Waals surface area contributed by atoms with Crippen molar-refractivity contribution in [1.82, 2.24) is 0 Å². The Kier molecular flexibility index (Phi) is 17.1. The number of unbranched alkanes of at least 4 members (excludes halogenated alkanes) is 7. The number of benzene rings is 3. The van der Waals surface area contributed by atoms with E-state index in [4.69, 9.17) is 23.7 Å². The van der Waals surface area contributed by atoms with Crippen LogP contribution in [0.3, 0.4) is 0 Å². The number of carbonyl (C=O) groups excluding carboxylic acids is 4. The third kappa shape index (κ3) is 14.4. The van der Waals surface area contributed by atoms with E-state index in [9.17, 15) is 37.5 Å². The van der Waals surface area contributed by atoms with Crippen LogP contribution in [-0.4, -0.2) is 49.6 Å². The third-order valence-electron chi connectivity index (χ3n) is 7.91. The number of rotatable bonds is 21. The molecule has 52 heavy (non-hydrogen) atoms. The van der Waals surface area contributed by atoms with E-state index >= 15 is 0 Å². The SMILES string of the molecule is CCCCCCCCC(=O)Oc1ccc(OC(=O)Oc2ccc(C(=O)[O-])c(-c3ccc(C(=O)O[C@H](CCCCCOCC)C(F)(F)F)cc3)c2)cc1. The maximum atomic E-state index is 13.6. The fourth-order valence-electron chi connectivity index (χ4n) is 5.15. The number of alkyl halides is 3. The lowest BCUT2D eigenvalue weighted by Crippen LogP contribution is -2.33. The highest BCUT2D eigenvalue weighted by Gasteiger charge is 2.42. The summed E-state index contributed by atoms with van der Waals surface area (Å²) in [6.07, 6.45) is -0.813. The minimum absolute atomic E-state index is 0.0394. The molecule has 0 saturated heterocycles. The van der Waals surface area contributed by atoms with Gasteiger partial charge in [-0.05, 0) is 98.3 Å². The van der Waals surface area contributed by atoms with Crippen LogP contribution in [-0.2, 0) is 14.3 Å². The van der Waals surface area contributed by atoms with Crippen molar-refractivity contribution in [3.63, 3.8) is 0 Å². The number of hydrogen-bond acceptors (Lipinski definition) is 10. The van der Waals surface area contributed by atoms with Gasteiger partial charge in [0.25, 0.3) is 0 Å². The maximum absolute atomic E-state index is 13.6. The highest BCUT2D eigenvalue weighted by Crippen LogP contribution is 2.31. The molecule has 0 saturated carbocycles. The van der Waals surface area contributed by atoms with E-state index in [0.29, 0.717) is 32.5 Å². The second-order valence-corrected chi connectivity index (χ2v) is 12.0. The average molecular weight is 730 g/mol. The first kappa shape index (κ1) is 41.5. The molecular weight excluding hydrogens is 685 g/mol. The van der Waals surface area contributed by atoms with E-state index in [0.717, 1.165) is 38.2 Å². The molecular formula is C39H44F3O10-. The van der Waals surface area contributed by atoms with Gasteiger partial charge in [0.2, 0.25) is 0 Å². The Balaban J connectivity index is 1.60. The third-order valence-corrected chi connectivity index (χ3v) is 7.91. The molecule has 3 aromatic rings. The van der Waals surface area contributed by atoms with Crippen molar-refractivity contribution in [1.29, 1.82) is 0 Å². The highest BCUT2D eigenvalue weighted by atomic mass is 19.4. The Labute approximate surface area is 301 Å². The minimum Gasteiger partial charge on any atom is -0.545 e. The summed E-state index contributed by atoms with van der Waals surface area (Å²) in [6.45, 7) is 4.91. The summed E-state index contributed by atoms with van der Waals surface area (Å²) in [5.41, 5.74) is -0.187. The normalized spacial score (nSPS) is 11.8. The standard InChI is InChI=1S/C39H45F3O10/c1-3-5-6-7-8-11-14-35(43)49-29-19-21-30(22-20-29)50-38(47)51-31-23-24-32(36(44)45)33(26-31)27-15-17-28(18-16-27)37(46)52-34(39(40,41)42)13-10-9-12-25-48-4-2/h15-24,26,34H,3-14,25H2,1-2H3,(H,44,45)/p-1/t34-/m1/s1. The fraction of sp³-hybridized carbons (Fsp3) is 0.436. The Morgan fingerprint density at radius 1 is 0.712 bits per heavy atom. The number of carboxylic acid groups (broad SMARTS) is 1. The van der Waals surface area contributed by atoms with Gasteiger partial charge >= 0.3 is 24.3 Å². The van der Waals surface area contributed by atoms with Gasteiger partial charge < -0.3 is 33.6 Å². The minimum atomic E-state index is -4.76. The second-order valence-electron chi connectivity index (χ2n) is 12.0. The number of carbonyl (C=O) groups is 4. The van der Waals surface area contributed by atoms with Gasteiger partial charge in [0.1, 0.15) is 17.2 Å². The Morgan fingerprint density at radius 3 is 1.94 bits per heavy atom. The number of carboxylic acids is 1. The smallest absolute Gasteiger partial charge is 0.519 e. The summed E-state index contributed by atoms with van der Waals surface area (Å²) in [5.74, 6) is -2.83. The van der Waals surface area contributed by atoms with Crippen molar-refractivity contribution < 1.29 is 61.1 Å². The Hall–Kier alpha value is -4.91. The first-order valence-electron chi connectivity index (χ1n) is 17.4. The topological polar surface area (TPSA) is 137 Å². The summed E-state index contributed by atoms with van der Waals surface area (Å²) in [6, 6.07) is 14.4. The number of aromatic carboxylic acids is 1. The maximum Gasteiger partial charge on any atom is 0.519 e. The molecule has 0 fully saturated rings. The van der Waals surface area contributed by atoms with E-state index in [1.165, 1.54) is 67.1 Å². The van der Waals surface area contributed by atoms with Crippen molar-refractivity contribution in [3.05, 3.63) is 77.9 Å². The summed E-state index contributed by atoms with van der Waals surface area (Å²) in [7, 11) is 0. The lowest BCUT2D eigenvalue weighted by atomic mass is 9.98. The molecule has 0 unspecified atom stereocenters. The van der Waals surface area contributed by atoms with Gasteiger partial charge in [-0.15, -0.1) is 0 Å². The summed E-state index contributed by atoms with van der Waals surface area (Å²) in [5, 5.41) is 11.9. The van der Waals surface area contributed by atoms with Gasteiger partial charge in [-0.25, -0.2) is 9.59 Å². The Bertz CT molecular complexity index is 1590. The zero-order valence-corrected chi connectivity index (χ0v) is 29.3. The van der Waals surface area contributed by atoms with E-state index < -0.39 is 36.8 Å². The quantitative estimate of drug-likeness (QED) is 0.0453. The monoisotopic (exact) mass is 729 g/mol.